The van der Waals surface area contributed by atoms with E-state index in [-0.39, 0.29) is 10.5 Å². The first kappa shape index (κ1) is 24.8. The van der Waals surface area contributed by atoms with Crippen molar-refractivity contribution in [1.82, 2.24) is 4.90 Å². The fourth-order valence-corrected chi connectivity index (χ4v) is 7.47. The summed E-state index contributed by atoms with van der Waals surface area (Å²) in [5.41, 5.74) is 3.17. The summed E-state index contributed by atoms with van der Waals surface area (Å²) in [5.74, 6) is -0.452. The predicted molar refractivity (Wildman–Crippen MR) is 139 cm³/mol. The second-order valence-corrected chi connectivity index (χ2v) is 11.7. The number of anilines is 2. The van der Waals surface area contributed by atoms with Crippen LogP contribution in [0.2, 0.25) is 0 Å². The van der Waals surface area contributed by atoms with Gasteiger partial charge in [0.15, 0.2) is 0 Å². The molecule has 9 nitrogen and oxygen atoms in total. The number of methoxy groups -OCH3 is 1. The molecule has 0 spiro atoms. The molecule has 0 unspecified atom stereocenters. The first-order chi connectivity index (χ1) is 17.8. The quantitative estimate of drug-likeness (QED) is 0.535. The molecule has 0 aliphatic carbocycles. The van der Waals surface area contributed by atoms with Gasteiger partial charge in [0, 0.05) is 23.5 Å². The lowest BCUT2D eigenvalue weighted by molar-refractivity contribution is 0.102. The van der Waals surface area contributed by atoms with Crippen LogP contribution in [0.3, 0.4) is 0 Å². The summed E-state index contributed by atoms with van der Waals surface area (Å²) in [6, 6.07) is 15.4. The SMILES string of the molecule is COC(=O)N1CCc2c(sc(NC(=O)c3ccc(S(=O)(=O)N4CCCc5ccccc54)cc3)c2C#N)C1. The molecule has 0 bridgehead atoms. The molecule has 3 heterocycles. The summed E-state index contributed by atoms with van der Waals surface area (Å²) >= 11 is 1.25. The number of para-hydroxylation sites is 1. The first-order valence-corrected chi connectivity index (χ1v) is 14.0. The molecule has 0 fully saturated rings. The van der Waals surface area contributed by atoms with E-state index in [1.54, 1.807) is 4.90 Å². The van der Waals surface area contributed by atoms with Crippen molar-refractivity contribution in [1.29, 1.82) is 5.26 Å². The summed E-state index contributed by atoms with van der Waals surface area (Å²) in [5, 5.41) is 12.9. The van der Waals surface area contributed by atoms with E-state index in [4.69, 9.17) is 4.74 Å². The van der Waals surface area contributed by atoms with Gasteiger partial charge < -0.3 is 15.0 Å². The number of benzene rings is 2. The molecule has 3 aromatic rings. The molecular weight excluding hydrogens is 512 g/mol. The number of thiophene rings is 1. The normalized spacial score (nSPS) is 14.8. The number of nitriles is 1. The maximum atomic E-state index is 13.4. The van der Waals surface area contributed by atoms with Crippen LogP contribution in [0.5, 0.6) is 0 Å². The van der Waals surface area contributed by atoms with Gasteiger partial charge in [0.1, 0.15) is 11.1 Å². The number of aryl methyl sites for hydroxylation is 1. The monoisotopic (exact) mass is 536 g/mol. The molecule has 190 valence electrons. The molecule has 1 aromatic heterocycles. The maximum absolute atomic E-state index is 13.4. The number of amides is 2. The second-order valence-electron chi connectivity index (χ2n) is 8.75. The van der Waals surface area contributed by atoms with E-state index < -0.39 is 22.0 Å². The van der Waals surface area contributed by atoms with Gasteiger partial charge >= 0.3 is 6.09 Å². The molecule has 2 amide bonds. The van der Waals surface area contributed by atoms with Crippen LogP contribution in [-0.2, 0) is 34.1 Å². The Morgan fingerprint density at radius 1 is 1.08 bits per heavy atom. The molecule has 0 saturated carbocycles. The third-order valence-electron chi connectivity index (χ3n) is 6.60. The average Bonchev–Trinajstić information content (AvgIpc) is 3.28. The first-order valence-electron chi connectivity index (χ1n) is 11.7. The Labute approximate surface area is 218 Å². The van der Waals surface area contributed by atoms with Crippen LogP contribution in [-0.4, -0.2) is 45.5 Å². The minimum Gasteiger partial charge on any atom is -0.453 e. The zero-order valence-electron chi connectivity index (χ0n) is 20.1. The Kier molecular flexibility index (Phi) is 6.62. The molecule has 0 radical (unpaired) electrons. The van der Waals surface area contributed by atoms with Crippen LogP contribution >= 0.6 is 11.3 Å². The number of ether oxygens (including phenoxy) is 1. The van der Waals surface area contributed by atoms with E-state index in [9.17, 15) is 23.3 Å². The van der Waals surface area contributed by atoms with E-state index in [1.807, 2.05) is 24.3 Å². The Morgan fingerprint density at radius 2 is 1.84 bits per heavy atom. The lowest BCUT2D eigenvalue weighted by Crippen LogP contribution is -2.35. The van der Waals surface area contributed by atoms with Crippen molar-refractivity contribution in [2.75, 3.05) is 29.8 Å². The van der Waals surface area contributed by atoms with Crippen LogP contribution in [0.25, 0.3) is 0 Å². The molecule has 1 N–H and O–H groups in total. The summed E-state index contributed by atoms with van der Waals surface area (Å²) in [4.78, 5) is 27.3. The standard InChI is InChI=1S/C26H24N4O5S2/c1-35-26(32)29-14-12-20-21(15-27)25(36-23(20)16-29)28-24(31)18-8-10-19(11-9-18)37(33,34)30-13-4-6-17-5-2-3-7-22(17)30/h2-3,5,7-11H,4,6,12-14,16H2,1H3,(H,28,31). The average molecular weight is 537 g/mol. The second kappa shape index (κ2) is 9.88. The number of carbonyl (C=O) groups excluding carboxylic acids is 2. The van der Waals surface area contributed by atoms with Crippen molar-refractivity contribution in [3.8, 4) is 6.07 Å². The van der Waals surface area contributed by atoms with Crippen molar-refractivity contribution in [2.24, 2.45) is 0 Å². The van der Waals surface area contributed by atoms with Gasteiger partial charge in [0.05, 0.1) is 29.8 Å². The van der Waals surface area contributed by atoms with Gasteiger partial charge in [-0.25, -0.2) is 13.2 Å². The number of hydrogen-bond acceptors (Lipinski definition) is 7. The van der Waals surface area contributed by atoms with E-state index >= 15 is 0 Å². The lowest BCUT2D eigenvalue weighted by atomic mass is 10.0. The highest BCUT2D eigenvalue weighted by Crippen LogP contribution is 2.37. The molecule has 2 aliphatic heterocycles. The van der Waals surface area contributed by atoms with Gasteiger partial charge in [-0.05, 0) is 60.7 Å². The highest BCUT2D eigenvalue weighted by molar-refractivity contribution is 7.92. The summed E-state index contributed by atoms with van der Waals surface area (Å²) in [7, 11) is -2.47. The summed E-state index contributed by atoms with van der Waals surface area (Å²) < 4.78 is 33.0. The van der Waals surface area contributed by atoms with Crippen molar-refractivity contribution in [2.45, 2.75) is 30.7 Å². The van der Waals surface area contributed by atoms with Crippen LogP contribution in [0.15, 0.2) is 53.4 Å². The van der Waals surface area contributed by atoms with Crippen molar-refractivity contribution < 1.29 is 22.7 Å². The van der Waals surface area contributed by atoms with Crippen molar-refractivity contribution >= 4 is 44.0 Å². The molecule has 0 atom stereocenters. The Balaban J connectivity index is 1.35. The number of carbonyl (C=O) groups is 2. The number of nitrogens with one attached hydrogen (secondary N) is 1. The molecule has 2 aromatic carbocycles. The fourth-order valence-electron chi connectivity index (χ4n) is 4.72. The number of nitrogens with zero attached hydrogens (tertiary/aromatic N) is 3. The molecule has 11 heteroatoms. The molecule has 2 aliphatic rings. The van der Waals surface area contributed by atoms with Gasteiger partial charge in [0.25, 0.3) is 15.9 Å². The summed E-state index contributed by atoms with van der Waals surface area (Å²) in [6.45, 7) is 1.13. The number of hydrogen-bond donors (Lipinski definition) is 1. The zero-order chi connectivity index (χ0) is 26.2. The molecule has 37 heavy (non-hydrogen) atoms. The van der Waals surface area contributed by atoms with Crippen LogP contribution in [0.4, 0.5) is 15.5 Å². The highest BCUT2D eigenvalue weighted by Gasteiger charge is 2.30. The van der Waals surface area contributed by atoms with E-state index in [0.29, 0.717) is 42.3 Å². The van der Waals surface area contributed by atoms with Gasteiger partial charge in [0.2, 0.25) is 0 Å². The van der Waals surface area contributed by atoms with E-state index in [1.165, 1.54) is 47.0 Å². The topological polar surface area (TPSA) is 120 Å². The van der Waals surface area contributed by atoms with E-state index in [0.717, 1.165) is 28.8 Å². The Morgan fingerprint density at radius 3 is 2.57 bits per heavy atom. The van der Waals surface area contributed by atoms with Gasteiger partial charge in [-0.3, -0.25) is 9.10 Å². The minimum atomic E-state index is -3.79. The maximum Gasteiger partial charge on any atom is 0.409 e. The Bertz CT molecular complexity index is 1520. The third kappa shape index (κ3) is 4.54. The molecule has 0 saturated heterocycles. The van der Waals surface area contributed by atoms with Crippen molar-refractivity contribution in [3.63, 3.8) is 0 Å². The van der Waals surface area contributed by atoms with E-state index in [2.05, 4.69) is 11.4 Å². The van der Waals surface area contributed by atoms with Crippen molar-refractivity contribution in [3.05, 3.63) is 75.7 Å². The lowest BCUT2D eigenvalue weighted by Gasteiger charge is -2.30. The summed E-state index contributed by atoms with van der Waals surface area (Å²) in [6.07, 6.45) is 1.62. The largest absolute Gasteiger partial charge is 0.453 e. The Hall–Kier alpha value is -3.88. The zero-order valence-corrected chi connectivity index (χ0v) is 21.7. The van der Waals surface area contributed by atoms with Gasteiger partial charge in [-0.15, -0.1) is 11.3 Å². The number of sulfonamides is 1. The minimum absolute atomic E-state index is 0.105. The number of rotatable bonds is 4. The van der Waals surface area contributed by atoms with Crippen LogP contribution in [0, 0.1) is 11.3 Å². The molecular formula is C26H24N4O5S2. The smallest absolute Gasteiger partial charge is 0.409 e. The molecule has 5 rings (SSSR count). The van der Waals surface area contributed by atoms with Crippen LogP contribution in [0.1, 0.15) is 38.3 Å². The predicted octanol–water partition coefficient (Wildman–Crippen LogP) is 4.14. The number of fused-ring (bicyclic) bond motifs is 2. The van der Waals surface area contributed by atoms with Gasteiger partial charge in [-0.1, -0.05) is 18.2 Å². The third-order valence-corrected chi connectivity index (χ3v) is 9.56. The fraction of sp³-hybridized carbons (Fsp3) is 0.269. The highest BCUT2D eigenvalue weighted by atomic mass is 32.2. The van der Waals surface area contributed by atoms with Crippen LogP contribution < -0.4 is 9.62 Å². The van der Waals surface area contributed by atoms with Gasteiger partial charge in [-0.2, -0.15) is 5.26 Å².